The van der Waals surface area contributed by atoms with E-state index in [1.54, 1.807) is 18.2 Å². The molecule has 5 rings (SSSR count). The van der Waals surface area contributed by atoms with Gasteiger partial charge in [-0.15, -0.1) is 20.4 Å². The van der Waals surface area contributed by atoms with Gasteiger partial charge in [-0.2, -0.15) is 0 Å². The van der Waals surface area contributed by atoms with E-state index in [9.17, 15) is 5.11 Å². The molecule has 4 aromatic rings. The van der Waals surface area contributed by atoms with Gasteiger partial charge in [0.25, 0.3) is 0 Å². The van der Waals surface area contributed by atoms with Crippen LogP contribution in [0.4, 0.5) is 11.6 Å². The third-order valence-electron chi connectivity index (χ3n) is 5.19. The molecule has 32 heavy (non-hydrogen) atoms. The molecule has 2 aromatic carbocycles. The molecule has 1 saturated carbocycles. The first-order chi connectivity index (χ1) is 15.4. The Balaban J connectivity index is 0.000000230. The summed E-state index contributed by atoms with van der Waals surface area (Å²) in [5.74, 6) is 1.89. The summed E-state index contributed by atoms with van der Waals surface area (Å²) in [6.07, 6.45) is 1.07. The molecule has 1 aliphatic carbocycles. The van der Waals surface area contributed by atoms with Gasteiger partial charge in [0.15, 0.2) is 11.0 Å². The number of aromatic hydroxyl groups is 1. The van der Waals surface area contributed by atoms with Crippen LogP contribution in [-0.2, 0) is 0 Å². The van der Waals surface area contributed by atoms with E-state index in [0.29, 0.717) is 44.4 Å². The lowest BCUT2D eigenvalue weighted by atomic mass is 10.0. The molecular formula is C23H20BrClN6O. The van der Waals surface area contributed by atoms with Gasteiger partial charge in [0.1, 0.15) is 11.6 Å². The van der Waals surface area contributed by atoms with Gasteiger partial charge in [0.05, 0.1) is 10.2 Å². The number of nitrogen functional groups attached to an aromatic ring is 2. The van der Waals surface area contributed by atoms with E-state index in [-0.39, 0.29) is 5.75 Å². The summed E-state index contributed by atoms with van der Waals surface area (Å²) in [6.45, 7) is 0. The van der Waals surface area contributed by atoms with E-state index in [1.807, 2.05) is 24.3 Å². The fourth-order valence-corrected chi connectivity index (χ4v) is 4.07. The fourth-order valence-electron chi connectivity index (χ4n) is 3.50. The first-order valence-electron chi connectivity index (χ1n) is 9.84. The fraction of sp³-hybridized carbons (Fsp3) is 0.130. The predicted molar refractivity (Wildman–Crippen MR) is 129 cm³/mol. The van der Waals surface area contributed by atoms with Crippen LogP contribution in [0.1, 0.15) is 29.4 Å². The van der Waals surface area contributed by atoms with Crippen LogP contribution in [0.5, 0.6) is 5.75 Å². The SMILES string of the molecule is Nc1nnc(-c2ccccc2O)cc1[C@@H]1C[C@H]1c1ccccc1.Nc1nnc(Cl)cc1Br. The van der Waals surface area contributed by atoms with Crippen molar-refractivity contribution in [3.05, 3.63) is 87.5 Å². The quantitative estimate of drug-likeness (QED) is 0.346. The van der Waals surface area contributed by atoms with Crippen LogP contribution in [0.15, 0.2) is 71.2 Å². The van der Waals surface area contributed by atoms with Gasteiger partial charge in [0, 0.05) is 11.1 Å². The van der Waals surface area contributed by atoms with E-state index in [0.717, 1.165) is 12.0 Å². The molecule has 0 bridgehead atoms. The number of anilines is 2. The highest BCUT2D eigenvalue weighted by Crippen LogP contribution is 2.55. The van der Waals surface area contributed by atoms with Crippen molar-refractivity contribution in [3.63, 3.8) is 0 Å². The minimum Gasteiger partial charge on any atom is -0.507 e. The molecule has 2 aromatic heterocycles. The van der Waals surface area contributed by atoms with Crippen molar-refractivity contribution >= 4 is 39.2 Å². The molecule has 2 heterocycles. The van der Waals surface area contributed by atoms with Crippen LogP contribution in [0.3, 0.4) is 0 Å². The molecule has 0 unspecified atom stereocenters. The van der Waals surface area contributed by atoms with Crippen LogP contribution >= 0.6 is 27.5 Å². The second kappa shape index (κ2) is 9.50. The standard InChI is InChI=1S/C19H17N3O.C4H3BrClN3/c20-19-16(15-10-14(15)12-6-2-1-3-7-12)11-17(21-22-19)13-8-4-5-9-18(13)23;5-2-1-3(6)8-9-4(2)7/h1-9,11,14-15,23H,10H2,(H2,20,22);1H,(H2,7,9)/t14-,15+;/m0./s1. The second-order valence-electron chi connectivity index (χ2n) is 7.35. The van der Waals surface area contributed by atoms with Gasteiger partial charge >= 0.3 is 0 Å². The molecule has 1 fully saturated rings. The zero-order chi connectivity index (χ0) is 22.7. The minimum atomic E-state index is 0.202. The number of rotatable bonds is 3. The Morgan fingerprint density at radius 3 is 2.22 bits per heavy atom. The summed E-state index contributed by atoms with van der Waals surface area (Å²) < 4.78 is 0.669. The summed E-state index contributed by atoms with van der Waals surface area (Å²) in [7, 11) is 0. The maximum atomic E-state index is 10.0. The molecule has 2 atom stereocenters. The van der Waals surface area contributed by atoms with E-state index < -0.39 is 0 Å². The average Bonchev–Trinajstić information content (AvgIpc) is 3.59. The Bertz CT molecular complexity index is 1240. The third-order valence-corrected chi connectivity index (χ3v) is 6.01. The zero-order valence-electron chi connectivity index (χ0n) is 16.9. The van der Waals surface area contributed by atoms with Gasteiger partial charge in [-0.25, -0.2) is 0 Å². The molecule has 0 radical (unpaired) electrons. The van der Waals surface area contributed by atoms with Gasteiger partial charge in [-0.05, 0) is 64.0 Å². The van der Waals surface area contributed by atoms with Gasteiger partial charge in [-0.3, -0.25) is 0 Å². The number of para-hydroxylation sites is 1. The molecule has 0 saturated heterocycles. The van der Waals surface area contributed by atoms with Crippen LogP contribution in [-0.4, -0.2) is 25.5 Å². The molecule has 0 spiro atoms. The first-order valence-corrected chi connectivity index (χ1v) is 11.0. The average molecular weight is 512 g/mol. The van der Waals surface area contributed by atoms with E-state index >= 15 is 0 Å². The Hall–Kier alpha value is -3.23. The van der Waals surface area contributed by atoms with E-state index in [2.05, 4.69) is 60.6 Å². The maximum absolute atomic E-state index is 10.0. The monoisotopic (exact) mass is 510 g/mol. The number of aromatic nitrogens is 4. The molecule has 7 nitrogen and oxygen atoms in total. The molecule has 162 valence electrons. The lowest BCUT2D eigenvalue weighted by Crippen LogP contribution is -2.01. The number of nitrogens with zero attached hydrogens (tertiary/aromatic N) is 4. The number of halogens is 2. The number of hydrogen-bond donors (Lipinski definition) is 3. The highest BCUT2D eigenvalue weighted by atomic mass is 79.9. The van der Waals surface area contributed by atoms with Crippen LogP contribution in [0, 0.1) is 0 Å². The summed E-state index contributed by atoms with van der Waals surface area (Å²) in [5.41, 5.74) is 15.0. The molecule has 0 amide bonds. The van der Waals surface area contributed by atoms with E-state index in [1.165, 1.54) is 5.56 Å². The lowest BCUT2D eigenvalue weighted by molar-refractivity contribution is 0.477. The molecular weight excluding hydrogens is 492 g/mol. The number of phenols is 1. The first kappa shape index (κ1) is 22.0. The lowest BCUT2D eigenvalue weighted by Gasteiger charge is -2.08. The van der Waals surface area contributed by atoms with Crippen molar-refractivity contribution in [3.8, 4) is 17.0 Å². The highest BCUT2D eigenvalue weighted by molar-refractivity contribution is 9.10. The number of hydrogen-bond acceptors (Lipinski definition) is 7. The Morgan fingerprint density at radius 1 is 0.844 bits per heavy atom. The Labute approximate surface area is 198 Å². The summed E-state index contributed by atoms with van der Waals surface area (Å²) in [4.78, 5) is 0. The summed E-state index contributed by atoms with van der Waals surface area (Å²) in [6, 6.07) is 21.1. The van der Waals surface area contributed by atoms with E-state index in [4.69, 9.17) is 23.1 Å². The number of nitrogens with two attached hydrogens (primary N) is 2. The Morgan fingerprint density at radius 2 is 1.53 bits per heavy atom. The van der Waals surface area contributed by atoms with Crippen LogP contribution < -0.4 is 11.5 Å². The second-order valence-corrected chi connectivity index (χ2v) is 8.59. The zero-order valence-corrected chi connectivity index (χ0v) is 19.2. The smallest absolute Gasteiger partial charge is 0.160 e. The minimum absolute atomic E-state index is 0.202. The van der Waals surface area contributed by atoms with Crippen molar-refractivity contribution in [2.75, 3.05) is 11.5 Å². The summed E-state index contributed by atoms with van der Waals surface area (Å²) >= 11 is 8.59. The van der Waals surface area contributed by atoms with Crippen molar-refractivity contribution in [2.24, 2.45) is 0 Å². The number of benzene rings is 2. The predicted octanol–water partition coefficient (Wildman–Crippen LogP) is 5.18. The third kappa shape index (κ3) is 4.98. The molecule has 1 aliphatic rings. The Kier molecular flexibility index (Phi) is 6.53. The maximum Gasteiger partial charge on any atom is 0.160 e. The number of phenolic OH excluding ortho intramolecular Hbond substituents is 1. The van der Waals surface area contributed by atoms with Crippen molar-refractivity contribution in [2.45, 2.75) is 18.3 Å². The van der Waals surface area contributed by atoms with Crippen LogP contribution in [0.25, 0.3) is 11.3 Å². The van der Waals surface area contributed by atoms with Crippen molar-refractivity contribution < 1.29 is 5.11 Å². The molecule has 0 aliphatic heterocycles. The van der Waals surface area contributed by atoms with Gasteiger partial charge < -0.3 is 16.6 Å². The van der Waals surface area contributed by atoms with Gasteiger partial charge in [-0.1, -0.05) is 54.1 Å². The van der Waals surface area contributed by atoms with Crippen molar-refractivity contribution in [1.29, 1.82) is 0 Å². The normalized spacial score (nSPS) is 16.7. The largest absolute Gasteiger partial charge is 0.507 e. The van der Waals surface area contributed by atoms with Gasteiger partial charge in [0.2, 0.25) is 0 Å². The van der Waals surface area contributed by atoms with Crippen molar-refractivity contribution in [1.82, 2.24) is 20.4 Å². The topological polar surface area (TPSA) is 124 Å². The summed E-state index contributed by atoms with van der Waals surface area (Å²) in [5, 5.41) is 25.6. The molecule has 5 N–H and O–H groups in total. The highest BCUT2D eigenvalue weighted by Gasteiger charge is 2.41. The molecule has 9 heteroatoms. The van der Waals surface area contributed by atoms with Crippen LogP contribution in [0.2, 0.25) is 5.15 Å².